The number of hydrogen-bond acceptors (Lipinski definition) is 10. The van der Waals surface area contributed by atoms with Gasteiger partial charge in [-0.15, -0.1) is 0 Å². The molecular weight excluding hydrogens is 731 g/mol. The van der Waals surface area contributed by atoms with Gasteiger partial charge in [0.05, 0.1) is 6.61 Å². The zero-order valence-electron chi connectivity index (χ0n) is 32.8. The first-order valence-corrected chi connectivity index (χ1v) is 17.4. The molecule has 0 aliphatic carbocycles. The quantitative estimate of drug-likeness (QED) is 0.0668. The molecule has 1 atom stereocenters. The minimum atomic E-state index is -1.76. The van der Waals surface area contributed by atoms with Gasteiger partial charge >= 0.3 is 47.5 Å². The number of carbonyl (C=O) groups is 6. The fraction of sp³-hybridized carbons (Fsp3) is 0.302. The molecule has 0 spiro atoms. The Bertz CT molecular complexity index is 1950. The van der Waals surface area contributed by atoms with Crippen LogP contribution in [-0.2, 0) is 37.1 Å². The average molecular weight is 779 g/mol. The smallest absolute Gasteiger partial charge is 0.870 e. The third-order valence-electron chi connectivity index (χ3n) is 8.80. The van der Waals surface area contributed by atoms with Crippen LogP contribution in [0.3, 0.4) is 0 Å². The van der Waals surface area contributed by atoms with Gasteiger partial charge in [0.15, 0.2) is 17.5 Å². The number of carboxylic acid groups (broad SMARTS) is 2. The molecule has 0 bridgehead atoms. The number of esters is 1. The molecule has 1 unspecified atom stereocenters. The van der Waals surface area contributed by atoms with Crippen molar-refractivity contribution in [3.05, 3.63) is 129 Å². The van der Waals surface area contributed by atoms with Crippen LogP contribution in [0.25, 0.3) is 0 Å². The van der Waals surface area contributed by atoms with Gasteiger partial charge in [-0.25, -0.2) is 0 Å². The van der Waals surface area contributed by atoms with Gasteiger partial charge in [0, 0.05) is 24.0 Å². The molecule has 13 heteroatoms. The van der Waals surface area contributed by atoms with E-state index in [0.717, 1.165) is 33.4 Å². The number of rotatable bonds is 17. The van der Waals surface area contributed by atoms with E-state index in [1.165, 1.54) is 19.1 Å². The Morgan fingerprint density at radius 1 is 0.589 bits per heavy atom. The molecule has 0 fully saturated rings. The van der Waals surface area contributed by atoms with Crippen LogP contribution in [0.2, 0.25) is 0 Å². The van der Waals surface area contributed by atoms with Crippen LogP contribution in [0, 0.1) is 39.5 Å². The van der Waals surface area contributed by atoms with Crippen molar-refractivity contribution in [1.29, 1.82) is 0 Å². The molecular formula is C43H47NaO12. The van der Waals surface area contributed by atoms with E-state index < -0.39 is 41.9 Å². The zero-order chi connectivity index (χ0) is 39.9. The number of benzene rings is 4. The molecule has 0 saturated heterocycles. The standard InChI is InChI=1S/C23H26O5.C20H20O6.Na.H2O/c1-5-27-23(26)20(17(4)24)13-22(25)18-10-7-11-19(12-18)28-14-21-15(2)8-6-9-16(21)3;1-12-5-3-6-13(2)17(12)11-26-15-8-4-7-14(9-15)18(21)10-16(19(22)23)20(24)25;;/h6-12,20H,5,13-14H2,1-4H3;3-9,16H,10-11H2,1-2H3,(H,22,23)(H,24,25);;1H2/q;;+1;/p-1. The monoisotopic (exact) mass is 778 g/mol. The fourth-order valence-electron chi connectivity index (χ4n) is 5.51. The van der Waals surface area contributed by atoms with Crippen molar-refractivity contribution >= 4 is 35.3 Å². The van der Waals surface area contributed by atoms with E-state index >= 15 is 0 Å². The number of Topliss-reactive ketones (excluding diaryl/α,β-unsaturated/α-hetero) is 3. The van der Waals surface area contributed by atoms with Crippen molar-refractivity contribution in [3.8, 4) is 11.5 Å². The van der Waals surface area contributed by atoms with Crippen molar-refractivity contribution in [3.63, 3.8) is 0 Å². The number of carbonyl (C=O) groups excluding carboxylic acids is 4. The maximum Gasteiger partial charge on any atom is 1.00 e. The minimum absolute atomic E-state index is 0. The molecule has 292 valence electrons. The van der Waals surface area contributed by atoms with Crippen LogP contribution in [0.15, 0.2) is 84.9 Å². The SMILES string of the molecule is CCOC(=O)C(CC(=O)c1cccc(OCc2c(C)cccc2C)c1)C(C)=O.Cc1cccc(C)c1COc1cccc(C(=O)CC(C(=O)O)C(=O)O)c1.[Na+].[OH-]. The molecule has 4 aromatic carbocycles. The van der Waals surface area contributed by atoms with Gasteiger partial charge < -0.3 is 29.9 Å². The van der Waals surface area contributed by atoms with E-state index in [4.69, 9.17) is 24.4 Å². The van der Waals surface area contributed by atoms with E-state index in [0.29, 0.717) is 30.3 Å². The normalized spacial score (nSPS) is 10.7. The second-order valence-electron chi connectivity index (χ2n) is 12.8. The molecule has 0 amide bonds. The largest absolute Gasteiger partial charge is 1.00 e. The first-order chi connectivity index (χ1) is 25.6. The van der Waals surface area contributed by atoms with Crippen LogP contribution in [0.1, 0.15) is 80.8 Å². The first kappa shape index (κ1) is 48.9. The fourth-order valence-corrected chi connectivity index (χ4v) is 5.51. The molecule has 56 heavy (non-hydrogen) atoms. The predicted octanol–water partition coefficient (Wildman–Crippen LogP) is 4.29. The van der Waals surface area contributed by atoms with Gasteiger partial charge in [-0.3, -0.25) is 28.8 Å². The van der Waals surface area contributed by atoms with E-state index in [9.17, 15) is 28.8 Å². The summed E-state index contributed by atoms with van der Waals surface area (Å²) in [6, 6.07) is 25.1. The van der Waals surface area contributed by atoms with Gasteiger partial charge in [0.1, 0.15) is 36.4 Å². The van der Waals surface area contributed by atoms with E-state index in [1.54, 1.807) is 43.3 Å². The summed E-state index contributed by atoms with van der Waals surface area (Å²) in [5, 5.41) is 17.8. The van der Waals surface area contributed by atoms with E-state index in [-0.39, 0.29) is 65.2 Å². The van der Waals surface area contributed by atoms with Crippen molar-refractivity contribution in [2.75, 3.05) is 6.61 Å². The second-order valence-corrected chi connectivity index (χ2v) is 12.8. The van der Waals surface area contributed by atoms with Crippen LogP contribution in [0.5, 0.6) is 11.5 Å². The summed E-state index contributed by atoms with van der Waals surface area (Å²) < 4.78 is 16.5. The molecule has 3 N–H and O–H groups in total. The number of hydrogen-bond donors (Lipinski definition) is 2. The Hall–Kier alpha value is -5.14. The summed E-state index contributed by atoms with van der Waals surface area (Å²) in [6.45, 7) is 11.9. The van der Waals surface area contributed by atoms with Gasteiger partial charge in [-0.1, -0.05) is 60.7 Å². The second kappa shape index (κ2) is 23.7. The maximum absolute atomic E-state index is 12.6. The van der Waals surface area contributed by atoms with Crippen molar-refractivity contribution in [1.82, 2.24) is 0 Å². The summed E-state index contributed by atoms with van der Waals surface area (Å²) in [5.41, 5.74) is 7.27. The van der Waals surface area contributed by atoms with Crippen LogP contribution < -0.4 is 39.0 Å². The number of ether oxygens (including phenoxy) is 3. The molecule has 12 nitrogen and oxygen atoms in total. The molecule has 4 rings (SSSR count). The molecule has 0 heterocycles. The zero-order valence-corrected chi connectivity index (χ0v) is 34.8. The van der Waals surface area contributed by atoms with Crippen LogP contribution in [0.4, 0.5) is 0 Å². The Morgan fingerprint density at radius 2 is 0.946 bits per heavy atom. The molecule has 0 radical (unpaired) electrons. The van der Waals surface area contributed by atoms with E-state index in [2.05, 4.69) is 0 Å². The summed E-state index contributed by atoms with van der Waals surface area (Å²) in [5.74, 6) is -6.79. The summed E-state index contributed by atoms with van der Waals surface area (Å²) >= 11 is 0. The Balaban J connectivity index is 0.000000542. The van der Waals surface area contributed by atoms with Gasteiger partial charge in [-0.05, 0) is 99.2 Å². The van der Waals surface area contributed by atoms with Crippen molar-refractivity contribution in [2.24, 2.45) is 11.8 Å². The van der Waals surface area contributed by atoms with Crippen molar-refractivity contribution in [2.45, 2.75) is 67.6 Å². The first-order valence-electron chi connectivity index (χ1n) is 17.4. The maximum atomic E-state index is 12.6. The Labute approximate surface area is 348 Å². The number of ketones is 3. The number of aliphatic carboxylic acids is 2. The Kier molecular flexibility index (Phi) is 20.7. The topological polar surface area (TPSA) is 201 Å². The summed E-state index contributed by atoms with van der Waals surface area (Å²) in [6.07, 6.45) is -0.820. The van der Waals surface area contributed by atoms with Gasteiger partial charge in [-0.2, -0.15) is 0 Å². The van der Waals surface area contributed by atoms with Crippen LogP contribution in [-0.4, -0.2) is 57.6 Å². The molecule has 0 aliphatic heterocycles. The average Bonchev–Trinajstić information content (AvgIpc) is 3.12. The van der Waals surface area contributed by atoms with Crippen molar-refractivity contribution < 1.29 is 88.2 Å². The Morgan fingerprint density at radius 3 is 1.29 bits per heavy atom. The summed E-state index contributed by atoms with van der Waals surface area (Å²) in [4.78, 5) is 70.3. The molecule has 4 aromatic rings. The number of aryl methyl sites for hydroxylation is 4. The van der Waals surface area contributed by atoms with Gasteiger partial charge in [0.25, 0.3) is 0 Å². The molecule has 0 saturated carbocycles. The summed E-state index contributed by atoms with van der Waals surface area (Å²) in [7, 11) is 0. The number of carboxylic acids is 2. The van der Waals surface area contributed by atoms with Crippen LogP contribution >= 0.6 is 0 Å². The van der Waals surface area contributed by atoms with E-state index in [1.807, 2.05) is 64.1 Å². The van der Waals surface area contributed by atoms with Gasteiger partial charge in [0.2, 0.25) is 0 Å². The molecule has 0 aliphatic rings. The minimum Gasteiger partial charge on any atom is -0.870 e. The third-order valence-corrected chi connectivity index (χ3v) is 8.80. The predicted molar refractivity (Wildman–Crippen MR) is 203 cm³/mol. The third kappa shape index (κ3) is 14.5. The molecule has 0 aromatic heterocycles.